The highest BCUT2D eigenvalue weighted by atomic mass is 16.2. The van der Waals surface area contributed by atoms with Crippen LogP contribution in [0.3, 0.4) is 0 Å². The SMILES string of the molecule is CCN(CC)CCCNC(=O)C1CCN(C(=O)NCc2ccc(C)cc2)CC1. The van der Waals surface area contributed by atoms with Crippen molar-refractivity contribution in [2.24, 2.45) is 5.92 Å². The summed E-state index contributed by atoms with van der Waals surface area (Å²) >= 11 is 0. The Morgan fingerprint density at radius 2 is 1.71 bits per heavy atom. The molecule has 0 spiro atoms. The van der Waals surface area contributed by atoms with Gasteiger partial charge in [0.05, 0.1) is 0 Å². The van der Waals surface area contributed by atoms with E-state index in [1.54, 1.807) is 0 Å². The third-order valence-corrected chi connectivity index (χ3v) is 5.56. The standard InChI is InChI=1S/C22H36N4O2/c1-4-25(5-2)14-6-13-23-21(27)20-11-15-26(16-12-20)22(28)24-17-19-9-7-18(3)8-10-19/h7-10,20H,4-6,11-17H2,1-3H3,(H,23,27)(H,24,28). The zero-order chi connectivity index (χ0) is 20.4. The number of likely N-dealkylation sites (tertiary alicyclic amines) is 1. The van der Waals surface area contributed by atoms with Crippen molar-refractivity contribution in [2.45, 2.75) is 46.6 Å². The summed E-state index contributed by atoms with van der Waals surface area (Å²) in [6, 6.07) is 8.12. The average Bonchev–Trinajstić information content (AvgIpc) is 2.73. The number of urea groups is 1. The van der Waals surface area contributed by atoms with E-state index in [1.165, 1.54) is 5.56 Å². The van der Waals surface area contributed by atoms with E-state index in [2.05, 4.69) is 29.4 Å². The molecule has 1 aliphatic heterocycles. The predicted molar refractivity (Wildman–Crippen MR) is 113 cm³/mol. The van der Waals surface area contributed by atoms with E-state index in [0.717, 1.165) is 51.0 Å². The summed E-state index contributed by atoms with van der Waals surface area (Å²) in [5.74, 6) is 0.161. The van der Waals surface area contributed by atoms with E-state index in [0.29, 0.717) is 19.6 Å². The van der Waals surface area contributed by atoms with E-state index in [9.17, 15) is 9.59 Å². The molecule has 0 aromatic heterocycles. The second-order valence-corrected chi connectivity index (χ2v) is 7.58. The molecule has 0 aliphatic carbocycles. The Kier molecular flexibility index (Phi) is 9.28. The molecule has 3 amide bonds. The molecular weight excluding hydrogens is 352 g/mol. The maximum atomic E-state index is 12.4. The van der Waals surface area contributed by atoms with E-state index >= 15 is 0 Å². The second kappa shape index (κ2) is 11.7. The van der Waals surface area contributed by atoms with Crippen LogP contribution in [0.2, 0.25) is 0 Å². The highest BCUT2D eigenvalue weighted by molar-refractivity contribution is 5.79. The summed E-state index contributed by atoms with van der Waals surface area (Å²) in [7, 11) is 0. The zero-order valence-corrected chi connectivity index (χ0v) is 17.7. The van der Waals surface area contributed by atoms with Crippen LogP contribution in [0.15, 0.2) is 24.3 Å². The molecule has 156 valence electrons. The molecule has 6 heteroatoms. The second-order valence-electron chi connectivity index (χ2n) is 7.58. The van der Waals surface area contributed by atoms with E-state index in [-0.39, 0.29) is 17.9 Å². The van der Waals surface area contributed by atoms with E-state index in [4.69, 9.17) is 0 Å². The van der Waals surface area contributed by atoms with Crippen LogP contribution in [0.25, 0.3) is 0 Å². The van der Waals surface area contributed by atoms with Crippen LogP contribution >= 0.6 is 0 Å². The summed E-state index contributed by atoms with van der Waals surface area (Å²) in [5.41, 5.74) is 2.31. The maximum Gasteiger partial charge on any atom is 0.317 e. The van der Waals surface area contributed by atoms with Crippen molar-refractivity contribution in [1.29, 1.82) is 0 Å². The normalized spacial score (nSPS) is 14.9. The largest absolute Gasteiger partial charge is 0.356 e. The number of nitrogens with zero attached hydrogens (tertiary/aromatic N) is 2. The van der Waals surface area contributed by atoms with Crippen LogP contribution in [-0.4, -0.2) is 61.0 Å². The smallest absolute Gasteiger partial charge is 0.317 e. The Morgan fingerprint density at radius 1 is 1.07 bits per heavy atom. The molecule has 1 heterocycles. The van der Waals surface area contributed by atoms with Gasteiger partial charge in [0.25, 0.3) is 0 Å². The first-order valence-electron chi connectivity index (χ1n) is 10.6. The Bertz CT molecular complexity index is 605. The number of benzene rings is 1. The highest BCUT2D eigenvalue weighted by Gasteiger charge is 2.27. The molecule has 1 aliphatic rings. The third-order valence-electron chi connectivity index (χ3n) is 5.56. The van der Waals surface area contributed by atoms with Gasteiger partial charge in [0.2, 0.25) is 5.91 Å². The quantitative estimate of drug-likeness (QED) is 0.640. The topological polar surface area (TPSA) is 64.7 Å². The number of hydrogen-bond donors (Lipinski definition) is 2. The van der Waals surface area contributed by atoms with Gasteiger partial charge in [-0.3, -0.25) is 4.79 Å². The number of carbonyl (C=O) groups excluding carboxylic acids is 2. The number of piperidine rings is 1. The summed E-state index contributed by atoms with van der Waals surface area (Å²) in [6.45, 7) is 12.0. The van der Waals surface area contributed by atoms with Gasteiger partial charge in [0.15, 0.2) is 0 Å². The summed E-state index contributed by atoms with van der Waals surface area (Å²) in [5, 5.41) is 6.04. The van der Waals surface area contributed by atoms with Crippen molar-refractivity contribution in [3.05, 3.63) is 35.4 Å². The van der Waals surface area contributed by atoms with Crippen LogP contribution in [0.1, 0.15) is 44.2 Å². The minimum absolute atomic E-state index is 0.0228. The average molecular weight is 389 g/mol. The van der Waals surface area contributed by atoms with Crippen molar-refractivity contribution in [3.63, 3.8) is 0 Å². The minimum atomic E-state index is -0.0429. The van der Waals surface area contributed by atoms with Crippen molar-refractivity contribution < 1.29 is 9.59 Å². The Hall–Kier alpha value is -2.08. The van der Waals surface area contributed by atoms with Crippen LogP contribution in [0.5, 0.6) is 0 Å². The molecule has 0 unspecified atom stereocenters. The van der Waals surface area contributed by atoms with Gasteiger partial charge in [-0.25, -0.2) is 4.79 Å². The van der Waals surface area contributed by atoms with Crippen molar-refractivity contribution in [3.8, 4) is 0 Å². The lowest BCUT2D eigenvalue weighted by Crippen LogP contribution is -2.46. The number of hydrogen-bond acceptors (Lipinski definition) is 3. The molecule has 0 saturated carbocycles. The molecule has 1 aromatic rings. The number of rotatable bonds is 9. The molecule has 28 heavy (non-hydrogen) atoms. The molecule has 1 saturated heterocycles. The fraction of sp³-hybridized carbons (Fsp3) is 0.636. The Labute approximate surface area is 169 Å². The lowest BCUT2D eigenvalue weighted by atomic mass is 9.96. The summed E-state index contributed by atoms with van der Waals surface area (Å²) < 4.78 is 0. The fourth-order valence-corrected chi connectivity index (χ4v) is 3.54. The Balaban J connectivity index is 1.63. The lowest BCUT2D eigenvalue weighted by molar-refractivity contribution is -0.126. The molecule has 2 rings (SSSR count). The van der Waals surface area contributed by atoms with Gasteiger partial charge >= 0.3 is 6.03 Å². The third kappa shape index (κ3) is 7.15. The molecule has 0 bridgehead atoms. The maximum absolute atomic E-state index is 12.4. The van der Waals surface area contributed by atoms with Crippen molar-refractivity contribution in [1.82, 2.24) is 20.4 Å². The predicted octanol–water partition coefficient (Wildman–Crippen LogP) is 2.76. The van der Waals surface area contributed by atoms with Crippen LogP contribution in [0, 0.1) is 12.8 Å². The van der Waals surface area contributed by atoms with Gasteiger partial charge in [0, 0.05) is 32.1 Å². The highest BCUT2D eigenvalue weighted by Crippen LogP contribution is 2.17. The van der Waals surface area contributed by atoms with Crippen LogP contribution in [-0.2, 0) is 11.3 Å². The molecule has 1 aromatic carbocycles. The van der Waals surface area contributed by atoms with Crippen LogP contribution < -0.4 is 10.6 Å². The van der Waals surface area contributed by atoms with E-state index < -0.39 is 0 Å². The first-order chi connectivity index (χ1) is 13.5. The molecule has 1 fully saturated rings. The van der Waals surface area contributed by atoms with Gasteiger partial charge < -0.3 is 20.4 Å². The zero-order valence-electron chi connectivity index (χ0n) is 17.7. The molecule has 6 nitrogen and oxygen atoms in total. The summed E-state index contributed by atoms with van der Waals surface area (Å²) in [6.07, 6.45) is 2.45. The van der Waals surface area contributed by atoms with E-state index in [1.807, 2.05) is 36.1 Å². The number of nitrogens with one attached hydrogen (secondary N) is 2. The van der Waals surface area contributed by atoms with Gasteiger partial charge in [-0.05, 0) is 51.4 Å². The number of aryl methyl sites for hydroxylation is 1. The first-order valence-corrected chi connectivity index (χ1v) is 10.6. The first kappa shape index (κ1) is 22.2. The van der Waals surface area contributed by atoms with Gasteiger partial charge in [-0.15, -0.1) is 0 Å². The fourth-order valence-electron chi connectivity index (χ4n) is 3.54. The van der Waals surface area contributed by atoms with Gasteiger partial charge in [0.1, 0.15) is 0 Å². The van der Waals surface area contributed by atoms with Crippen molar-refractivity contribution in [2.75, 3.05) is 39.3 Å². The molecular formula is C22H36N4O2. The summed E-state index contributed by atoms with van der Waals surface area (Å²) in [4.78, 5) is 28.9. The van der Waals surface area contributed by atoms with Crippen LogP contribution in [0.4, 0.5) is 4.79 Å². The lowest BCUT2D eigenvalue weighted by Gasteiger charge is -2.31. The van der Waals surface area contributed by atoms with Gasteiger partial charge in [-0.1, -0.05) is 43.7 Å². The number of carbonyl (C=O) groups is 2. The minimum Gasteiger partial charge on any atom is -0.356 e. The molecule has 0 atom stereocenters. The number of amides is 3. The molecule has 2 N–H and O–H groups in total. The monoisotopic (exact) mass is 388 g/mol. The Morgan fingerprint density at radius 3 is 2.32 bits per heavy atom. The van der Waals surface area contributed by atoms with Gasteiger partial charge in [-0.2, -0.15) is 0 Å². The van der Waals surface area contributed by atoms with Crippen molar-refractivity contribution >= 4 is 11.9 Å². The molecule has 0 radical (unpaired) electrons.